The summed E-state index contributed by atoms with van der Waals surface area (Å²) < 4.78 is 10.8. The summed E-state index contributed by atoms with van der Waals surface area (Å²) in [5, 5.41) is 6.36. The minimum absolute atomic E-state index is 0.527. The van der Waals surface area contributed by atoms with E-state index in [1.165, 1.54) is 5.56 Å². The number of thiazole rings is 1. The topological polar surface area (TPSA) is 43.4 Å². The molecule has 0 fully saturated rings. The Morgan fingerprint density at radius 2 is 2.25 bits per heavy atom. The van der Waals surface area contributed by atoms with Crippen LogP contribution < -0.4 is 10.1 Å². The molecule has 0 spiro atoms. The summed E-state index contributed by atoms with van der Waals surface area (Å²) >= 11 is 1.63. The van der Waals surface area contributed by atoms with Gasteiger partial charge in [-0.1, -0.05) is 12.1 Å². The van der Waals surface area contributed by atoms with Crippen LogP contribution in [0.4, 0.5) is 0 Å². The Morgan fingerprint density at radius 1 is 1.35 bits per heavy atom. The average Bonchev–Trinajstić information content (AvgIpc) is 2.88. The van der Waals surface area contributed by atoms with Crippen LogP contribution in [-0.2, 0) is 17.9 Å². The van der Waals surface area contributed by atoms with Gasteiger partial charge in [-0.05, 0) is 24.6 Å². The Bertz CT molecular complexity index is 528. The minimum atomic E-state index is 0.527. The Hall–Kier alpha value is -1.43. The lowest BCUT2D eigenvalue weighted by molar-refractivity contribution is 0.199. The minimum Gasteiger partial charge on any atom is -0.486 e. The first-order valence-corrected chi connectivity index (χ1v) is 7.48. The second kappa shape index (κ2) is 7.99. The standard InChI is InChI=1S/C15H20N2O2S/c1-12-11-20-15(17-12)10-19-14-5-3-4-13(8-14)9-16-6-7-18-2/h3-5,8,11,16H,6-7,9-10H2,1-2H3. The van der Waals surface area contributed by atoms with Crippen molar-refractivity contribution in [2.24, 2.45) is 0 Å². The monoisotopic (exact) mass is 292 g/mol. The highest BCUT2D eigenvalue weighted by Gasteiger charge is 2.01. The van der Waals surface area contributed by atoms with Gasteiger partial charge in [0.15, 0.2) is 0 Å². The molecule has 0 unspecified atom stereocenters. The summed E-state index contributed by atoms with van der Waals surface area (Å²) in [4.78, 5) is 4.39. The number of aromatic nitrogens is 1. The number of aryl methyl sites for hydroxylation is 1. The Morgan fingerprint density at radius 3 is 3.00 bits per heavy atom. The summed E-state index contributed by atoms with van der Waals surface area (Å²) in [7, 11) is 1.70. The van der Waals surface area contributed by atoms with Crippen LogP contribution in [0.5, 0.6) is 5.75 Å². The summed E-state index contributed by atoms with van der Waals surface area (Å²) in [6.45, 7) is 4.90. The summed E-state index contributed by atoms with van der Waals surface area (Å²) in [6.07, 6.45) is 0. The van der Waals surface area contributed by atoms with Crippen molar-refractivity contribution in [1.82, 2.24) is 10.3 Å². The number of nitrogens with zero attached hydrogens (tertiary/aromatic N) is 1. The maximum Gasteiger partial charge on any atom is 0.140 e. The van der Waals surface area contributed by atoms with E-state index in [0.717, 1.165) is 36.1 Å². The van der Waals surface area contributed by atoms with Gasteiger partial charge in [-0.15, -0.1) is 11.3 Å². The van der Waals surface area contributed by atoms with Crippen molar-refractivity contribution >= 4 is 11.3 Å². The third kappa shape index (κ3) is 4.92. The van der Waals surface area contributed by atoms with Crippen molar-refractivity contribution in [1.29, 1.82) is 0 Å². The highest BCUT2D eigenvalue weighted by atomic mass is 32.1. The summed E-state index contributed by atoms with van der Waals surface area (Å²) in [5.41, 5.74) is 2.25. The Balaban J connectivity index is 1.82. The van der Waals surface area contributed by atoms with E-state index in [1.807, 2.05) is 24.4 Å². The molecule has 1 N–H and O–H groups in total. The van der Waals surface area contributed by atoms with E-state index < -0.39 is 0 Å². The lowest BCUT2D eigenvalue weighted by atomic mass is 10.2. The van der Waals surface area contributed by atoms with Gasteiger partial charge in [0.25, 0.3) is 0 Å². The summed E-state index contributed by atoms with van der Waals surface area (Å²) in [6, 6.07) is 8.12. The molecule has 2 rings (SSSR count). The van der Waals surface area contributed by atoms with Gasteiger partial charge >= 0.3 is 0 Å². The van der Waals surface area contributed by atoms with Gasteiger partial charge in [-0.2, -0.15) is 0 Å². The van der Waals surface area contributed by atoms with E-state index in [1.54, 1.807) is 18.4 Å². The fourth-order valence-corrected chi connectivity index (χ4v) is 2.45. The lowest BCUT2D eigenvalue weighted by Crippen LogP contribution is -2.18. The molecule has 108 valence electrons. The van der Waals surface area contributed by atoms with Crippen molar-refractivity contribution in [3.05, 3.63) is 45.9 Å². The molecule has 1 aromatic heterocycles. The van der Waals surface area contributed by atoms with Crippen LogP contribution >= 0.6 is 11.3 Å². The van der Waals surface area contributed by atoms with Gasteiger partial charge in [-0.25, -0.2) is 4.98 Å². The molecule has 0 aliphatic rings. The van der Waals surface area contributed by atoms with Crippen molar-refractivity contribution in [3.8, 4) is 5.75 Å². The average molecular weight is 292 g/mol. The number of methoxy groups -OCH3 is 1. The van der Waals surface area contributed by atoms with Crippen molar-refractivity contribution < 1.29 is 9.47 Å². The van der Waals surface area contributed by atoms with Crippen LogP contribution in [0, 0.1) is 6.92 Å². The van der Waals surface area contributed by atoms with E-state index in [2.05, 4.69) is 22.4 Å². The lowest BCUT2D eigenvalue weighted by Gasteiger charge is -2.08. The van der Waals surface area contributed by atoms with Crippen LogP contribution in [-0.4, -0.2) is 25.2 Å². The predicted molar refractivity (Wildman–Crippen MR) is 81.2 cm³/mol. The van der Waals surface area contributed by atoms with Gasteiger partial charge in [0.05, 0.1) is 6.61 Å². The van der Waals surface area contributed by atoms with Crippen LogP contribution in [0.25, 0.3) is 0 Å². The molecular formula is C15H20N2O2S. The maximum absolute atomic E-state index is 5.77. The second-order valence-electron chi connectivity index (χ2n) is 4.49. The van der Waals surface area contributed by atoms with Crippen molar-refractivity contribution in [2.45, 2.75) is 20.1 Å². The fourth-order valence-electron chi connectivity index (χ4n) is 1.77. The maximum atomic E-state index is 5.77. The van der Waals surface area contributed by atoms with E-state index in [0.29, 0.717) is 6.61 Å². The summed E-state index contributed by atoms with van der Waals surface area (Å²) in [5.74, 6) is 0.879. The molecule has 2 aromatic rings. The molecule has 0 atom stereocenters. The third-order valence-corrected chi connectivity index (χ3v) is 3.68. The molecule has 1 aromatic carbocycles. The number of ether oxygens (including phenoxy) is 2. The first kappa shape index (κ1) is 15.0. The van der Waals surface area contributed by atoms with E-state index in [4.69, 9.17) is 9.47 Å². The molecule has 0 aliphatic heterocycles. The van der Waals surface area contributed by atoms with Gasteiger partial charge < -0.3 is 14.8 Å². The van der Waals surface area contributed by atoms with Crippen molar-refractivity contribution in [2.75, 3.05) is 20.3 Å². The number of hydrogen-bond donors (Lipinski definition) is 1. The molecule has 0 saturated heterocycles. The number of hydrogen-bond acceptors (Lipinski definition) is 5. The molecule has 0 amide bonds. The Kier molecular flexibility index (Phi) is 5.98. The largest absolute Gasteiger partial charge is 0.486 e. The molecule has 0 saturated carbocycles. The zero-order valence-electron chi connectivity index (χ0n) is 11.9. The van der Waals surface area contributed by atoms with Crippen LogP contribution in [0.15, 0.2) is 29.6 Å². The van der Waals surface area contributed by atoms with Gasteiger partial charge in [0.2, 0.25) is 0 Å². The van der Waals surface area contributed by atoms with E-state index >= 15 is 0 Å². The first-order chi connectivity index (χ1) is 9.78. The van der Waals surface area contributed by atoms with Crippen LogP contribution in [0.3, 0.4) is 0 Å². The van der Waals surface area contributed by atoms with Crippen LogP contribution in [0.1, 0.15) is 16.3 Å². The van der Waals surface area contributed by atoms with E-state index in [-0.39, 0.29) is 0 Å². The van der Waals surface area contributed by atoms with Crippen molar-refractivity contribution in [3.63, 3.8) is 0 Å². The molecule has 0 bridgehead atoms. The van der Waals surface area contributed by atoms with Gasteiger partial charge in [0.1, 0.15) is 17.4 Å². The van der Waals surface area contributed by atoms with Gasteiger partial charge in [-0.3, -0.25) is 0 Å². The Labute approximate surface area is 123 Å². The number of rotatable bonds is 8. The number of benzene rings is 1. The molecule has 0 radical (unpaired) electrons. The van der Waals surface area contributed by atoms with E-state index in [9.17, 15) is 0 Å². The molecule has 4 nitrogen and oxygen atoms in total. The normalized spacial score (nSPS) is 10.7. The van der Waals surface area contributed by atoms with Gasteiger partial charge in [0, 0.05) is 31.3 Å². The highest BCUT2D eigenvalue weighted by Crippen LogP contribution is 2.16. The van der Waals surface area contributed by atoms with Crippen LogP contribution in [0.2, 0.25) is 0 Å². The fraction of sp³-hybridized carbons (Fsp3) is 0.400. The smallest absolute Gasteiger partial charge is 0.140 e. The highest BCUT2D eigenvalue weighted by molar-refractivity contribution is 7.09. The molecular weight excluding hydrogens is 272 g/mol. The SMILES string of the molecule is COCCNCc1cccc(OCc2nc(C)cs2)c1. The third-order valence-electron chi connectivity index (χ3n) is 2.74. The quantitative estimate of drug-likeness (QED) is 0.760. The second-order valence-corrected chi connectivity index (χ2v) is 5.43. The zero-order chi connectivity index (χ0) is 14.2. The zero-order valence-corrected chi connectivity index (χ0v) is 12.7. The predicted octanol–water partition coefficient (Wildman–Crippen LogP) is 2.77. The molecule has 0 aliphatic carbocycles. The molecule has 1 heterocycles. The molecule has 20 heavy (non-hydrogen) atoms. The number of nitrogens with one attached hydrogen (secondary N) is 1. The first-order valence-electron chi connectivity index (χ1n) is 6.60. The molecule has 5 heteroatoms.